The molecule has 0 aromatic heterocycles. The summed E-state index contributed by atoms with van der Waals surface area (Å²) < 4.78 is 11.5. The van der Waals surface area contributed by atoms with Crippen molar-refractivity contribution in [3.63, 3.8) is 0 Å². The SMILES string of the molecule is C=C(C)C(=O)OCCc1cc(-c2ccc(-c3ccc(C)cc3)cc2CC)ccc1OCCC(CC)(CO)CO. The van der Waals surface area contributed by atoms with Gasteiger partial charge in [0.1, 0.15) is 5.75 Å². The zero-order valence-electron chi connectivity index (χ0n) is 23.8. The second-order valence-corrected chi connectivity index (χ2v) is 10.3. The van der Waals surface area contributed by atoms with Gasteiger partial charge in [0.25, 0.3) is 0 Å². The van der Waals surface area contributed by atoms with Crippen LogP contribution < -0.4 is 4.74 Å². The molecule has 208 valence electrons. The largest absolute Gasteiger partial charge is 0.493 e. The van der Waals surface area contributed by atoms with Crippen molar-refractivity contribution in [1.29, 1.82) is 0 Å². The zero-order valence-corrected chi connectivity index (χ0v) is 23.8. The summed E-state index contributed by atoms with van der Waals surface area (Å²) in [6.45, 7) is 11.9. The van der Waals surface area contributed by atoms with Gasteiger partial charge in [0.15, 0.2) is 0 Å². The predicted molar refractivity (Wildman–Crippen MR) is 158 cm³/mol. The Morgan fingerprint density at radius 3 is 2.13 bits per heavy atom. The number of carbonyl (C=O) groups excluding carboxylic acids is 1. The van der Waals surface area contributed by atoms with Crippen LogP contribution in [0.2, 0.25) is 0 Å². The molecule has 5 nitrogen and oxygen atoms in total. The number of rotatable bonds is 14. The maximum Gasteiger partial charge on any atom is 0.333 e. The number of carbonyl (C=O) groups is 1. The lowest BCUT2D eigenvalue weighted by Gasteiger charge is -2.28. The number of aryl methyl sites for hydroxylation is 2. The van der Waals surface area contributed by atoms with Crippen LogP contribution in [-0.4, -0.2) is 42.6 Å². The molecule has 0 heterocycles. The molecule has 0 fully saturated rings. The van der Waals surface area contributed by atoms with Crippen LogP contribution in [0, 0.1) is 12.3 Å². The molecule has 0 aliphatic heterocycles. The third kappa shape index (κ3) is 7.81. The van der Waals surface area contributed by atoms with Crippen LogP contribution in [0.5, 0.6) is 5.75 Å². The van der Waals surface area contributed by atoms with Crippen LogP contribution in [0.1, 0.15) is 50.3 Å². The Morgan fingerprint density at radius 1 is 0.872 bits per heavy atom. The fourth-order valence-corrected chi connectivity index (χ4v) is 4.54. The van der Waals surface area contributed by atoms with Crippen molar-refractivity contribution in [3.8, 4) is 28.0 Å². The van der Waals surface area contributed by atoms with E-state index >= 15 is 0 Å². The Hall–Kier alpha value is -3.41. The van der Waals surface area contributed by atoms with Gasteiger partial charge in [0.05, 0.1) is 26.4 Å². The summed E-state index contributed by atoms with van der Waals surface area (Å²) in [5, 5.41) is 19.6. The van der Waals surface area contributed by atoms with Gasteiger partial charge in [-0.1, -0.05) is 74.5 Å². The highest BCUT2D eigenvalue weighted by molar-refractivity contribution is 5.86. The molecule has 39 heavy (non-hydrogen) atoms. The molecule has 2 N–H and O–H groups in total. The highest BCUT2D eigenvalue weighted by Gasteiger charge is 2.26. The summed E-state index contributed by atoms with van der Waals surface area (Å²) in [6, 6.07) is 21.3. The van der Waals surface area contributed by atoms with Gasteiger partial charge in [-0.25, -0.2) is 4.79 Å². The maximum atomic E-state index is 11.9. The lowest BCUT2D eigenvalue weighted by atomic mass is 9.84. The van der Waals surface area contributed by atoms with Crippen molar-refractivity contribution < 1.29 is 24.5 Å². The van der Waals surface area contributed by atoms with Gasteiger partial charge < -0.3 is 19.7 Å². The van der Waals surface area contributed by atoms with Crippen LogP contribution in [0.4, 0.5) is 0 Å². The summed E-state index contributed by atoms with van der Waals surface area (Å²) in [5.74, 6) is 0.299. The first-order valence-electron chi connectivity index (χ1n) is 13.8. The summed E-state index contributed by atoms with van der Waals surface area (Å²) >= 11 is 0. The molecule has 0 saturated carbocycles. The Labute approximate surface area is 233 Å². The minimum Gasteiger partial charge on any atom is -0.493 e. The third-order valence-electron chi connectivity index (χ3n) is 7.51. The summed E-state index contributed by atoms with van der Waals surface area (Å²) in [4.78, 5) is 11.9. The predicted octanol–water partition coefficient (Wildman–Crippen LogP) is 6.70. The Bertz CT molecular complexity index is 1250. The molecular formula is C34H42O5. The van der Waals surface area contributed by atoms with Gasteiger partial charge in [-0.2, -0.15) is 0 Å². The standard InChI is InChI=1S/C34H42O5/c1-6-26-20-28(27-10-8-25(5)9-11-27)12-14-31(26)29-13-15-32(38-19-17-34(7-2,22-35)23-36)30(21-29)16-18-39-33(37)24(3)4/h8-15,20-21,35-36H,3,6-7,16-19,22-23H2,1-2,4-5H3. The quantitative estimate of drug-likeness (QED) is 0.179. The summed E-state index contributed by atoms with van der Waals surface area (Å²) in [7, 11) is 0. The number of hydrogen-bond acceptors (Lipinski definition) is 5. The first-order chi connectivity index (χ1) is 18.8. The van der Waals surface area contributed by atoms with Crippen LogP contribution >= 0.6 is 0 Å². The van der Waals surface area contributed by atoms with E-state index in [9.17, 15) is 15.0 Å². The molecule has 0 spiro atoms. The molecule has 0 saturated heterocycles. The van der Waals surface area contributed by atoms with E-state index in [0.717, 1.165) is 23.1 Å². The van der Waals surface area contributed by atoms with E-state index in [-0.39, 0.29) is 19.8 Å². The van der Waals surface area contributed by atoms with Crippen LogP contribution in [-0.2, 0) is 22.4 Å². The van der Waals surface area contributed by atoms with Crippen molar-refractivity contribution in [1.82, 2.24) is 0 Å². The smallest absolute Gasteiger partial charge is 0.333 e. The average Bonchev–Trinajstić information content (AvgIpc) is 2.96. The van der Waals surface area contributed by atoms with Gasteiger partial charge in [0, 0.05) is 17.4 Å². The lowest BCUT2D eigenvalue weighted by Crippen LogP contribution is -2.31. The van der Waals surface area contributed by atoms with Gasteiger partial charge in [-0.15, -0.1) is 0 Å². The number of aliphatic hydroxyl groups excluding tert-OH is 2. The van der Waals surface area contributed by atoms with E-state index in [2.05, 4.69) is 75.0 Å². The molecule has 0 atom stereocenters. The minimum atomic E-state index is -0.563. The van der Waals surface area contributed by atoms with E-state index in [1.54, 1.807) is 6.92 Å². The molecule has 0 amide bonds. The monoisotopic (exact) mass is 530 g/mol. The summed E-state index contributed by atoms with van der Waals surface area (Å²) in [5.41, 5.74) is 7.84. The number of ether oxygens (including phenoxy) is 2. The number of aliphatic hydroxyl groups is 2. The molecule has 3 rings (SSSR count). The molecule has 0 unspecified atom stereocenters. The van der Waals surface area contributed by atoms with Gasteiger partial charge in [-0.05, 0) is 78.6 Å². The van der Waals surface area contributed by atoms with Gasteiger partial charge in [0.2, 0.25) is 0 Å². The van der Waals surface area contributed by atoms with Crippen molar-refractivity contribution >= 4 is 5.97 Å². The molecule has 0 aliphatic rings. The normalized spacial score (nSPS) is 11.3. The van der Waals surface area contributed by atoms with Crippen molar-refractivity contribution in [2.45, 2.75) is 53.4 Å². The third-order valence-corrected chi connectivity index (χ3v) is 7.51. The first-order valence-corrected chi connectivity index (χ1v) is 13.8. The van der Waals surface area contributed by atoms with Crippen molar-refractivity contribution in [2.24, 2.45) is 5.41 Å². The van der Waals surface area contributed by atoms with Gasteiger partial charge in [-0.3, -0.25) is 0 Å². The highest BCUT2D eigenvalue weighted by atomic mass is 16.5. The Kier molecular flexibility index (Phi) is 10.9. The Balaban J connectivity index is 1.89. The number of esters is 1. The fourth-order valence-electron chi connectivity index (χ4n) is 4.54. The van der Waals surface area contributed by atoms with Crippen molar-refractivity contribution in [2.75, 3.05) is 26.4 Å². The first kappa shape index (κ1) is 30.1. The molecule has 0 radical (unpaired) electrons. The van der Waals surface area contributed by atoms with Gasteiger partial charge >= 0.3 is 5.97 Å². The van der Waals surface area contributed by atoms with Crippen molar-refractivity contribution in [3.05, 3.63) is 89.5 Å². The fraction of sp³-hybridized carbons (Fsp3) is 0.382. The van der Waals surface area contributed by atoms with E-state index < -0.39 is 11.4 Å². The van der Waals surface area contributed by atoms with Crippen LogP contribution in [0.25, 0.3) is 22.3 Å². The summed E-state index contributed by atoms with van der Waals surface area (Å²) in [6.07, 6.45) is 2.57. The molecule has 3 aromatic rings. The highest BCUT2D eigenvalue weighted by Crippen LogP contribution is 2.33. The molecular weight excluding hydrogens is 488 g/mol. The lowest BCUT2D eigenvalue weighted by molar-refractivity contribution is -0.138. The zero-order chi connectivity index (χ0) is 28.4. The minimum absolute atomic E-state index is 0.0929. The maximum absolute atomic E-state index is 11.9. The topological polar surface area (TPSA) is 76.0 Å². The number of hydrogen-bond donors (Lipinski definition) is 2. The van der Waals surface area contributed by atoms with E-state index in [0.29, 0.717) is 37.2 Å². The van der Waals surface area contributed by atoms with E-state index in [1.807, 2.05) is 13.0 Å². The average molecular weight is 531 g/mol. The molecule has 0 aliphatic carbocycles. The second-order valence-electron chi connectivity index (χ2n) is 10.3. The number of benzene rings is 3. The van der Waals surface area contributed by atoms with E-state index in [4.69, 9.17) is 9.47 Å². The van der Waals surface area contributed by atoms with Crippen LogP contribution in [0.15, 0.2) is 72.8 Å². The molecule has 3 aromatic carbocycles. The van der Waals surface area contributed by atoms with E-state index in [1.165, 1.54) is 22.3 Å². The Morgan fingerprint density at radius 2 is 1.51 bits per heavy atom. The molecule has 0 bridgehead atoms. The second kappa shape index (κ2) is 14.1. The molecule has 5 heteroatoms. The van der Waals surface area contributed by atoms with Crippen LogP contribution in [0.3, 0.4) is 0 Å².